The number of nitrogens with zero attached hydrogens (tertiary/aromatic N) is 1. The highest BCUT2D eigenvalue weighted by Gasteiger charge is 2.17. The number of benzene rings is 1. The fourth-order valence-electron chi connectivity index (χ4n) is 2.66. The molecule has 1 fully saturated rings. The van der Waals surface area contributed by atoms with Crippen LogP contribution in [0.4, 0.5) is 5.69 Å². The molecule has 1 atom stereocenters. The number of piperidine rings is 1. The molecular weight excluding hydrogens is 298 g/mol. The van der Waals surface area contributed by atoms with Crippen LogP contribution in [0, 0.1) is 5.92 Å². The minimum atomic E-state index is -0.339. The third-order valence-electron chi connectivity index (χ3n) is 3.84. The number of hydrogen-bond donors (Lipinski definition) is 2. The van der Waals surface area contributed by atoms with Crippen LogP contribution in [0.3, 0.4) is 0 Å². The Labute approximate surface area is 137 Å². The topological polar surface area (TPSA) is 53.6 Å². The Morgan fingerprint density at radius 1 is 1.41 bits per heavy atom. The third-order valence-corrected chi connectivity index (χ3v) is 4.08. The average molecular weight is 321 g/mol. The van der Waals surface area contributed by atoms with Crippen LogP contribution >= 0.6 is 12.2 Å². The second kappa shape index (κ2) is 8.10. The Hall–Kier alpha value is -1.66. The predicted molar refractivity (Wildman–Crippen MR) is 92.2 cm³/mol. The number of anilines is 1. The fourth-order valence-corrected chi connectivity index (χ4v) is 2.86. The monoisotopic (exact) mass is 321 g/mol. The van der Waals surface area contributed by atoms with Gasteiger partial charge in [0.1, 0.15) is 0 Å². The van der Waals surface area contributed by atoms with Crippen molar-refractivity contribution in [2.24, 2.45) is 5.92 Å². The van der Waals surface area contributed by atoms with E-state index in [0.717, 1.165) is 18.8 Å². The van der Waals surface area contributed by atoms with Gasteiger partial charge in [0.2, 0.25) is 0 Å². The molecule has 1 aliphatic rings. The molecule has 0 saturated carbocycles. The number of hydrogen-bond acceptors (Lipinski definition) is 4. The highest BCUT2D eigenvalue weighted by atomic mass is 32.1. The molecule has 0 bridgehead atoms. The average Bonchev–Trinajstić information content (AvgIpc) is 2.53. The van der Waals surface area contributed by atoms with Crippen LogP contribution in [0.1, 0.15) is 23.2 Å². The van der Waals surface area contributed by atoms with Gasteiger partial charge in [0.05, 0.1) is 12.7 Å². The van der Waals surface area contributed by atoms with Crippen molar-refractivity contribution >= 4 is 29.0 Å². The Kier molecular flexibility index (Phi) is 6.15. The summed E-state index contributed by atoms with van der Waals surface area (Å²) in [6, 6.07) is 7.06. The van der Waals surface area contributed by atoms with E-state index in [4.69, 9.17) is 12.2 Å². The van der Waals surface area contributed by atoms with Crippen LogP contribution in [0.15, 0.2) is 24.3 Å². The largest absolute Gasteiger partial charge is 0.465 e. The molecule has 6 heteroatoms. The first-order valence-electron chi connectivity index (χ1n) is 7.50. The number of nitrogens with one attached hydrogen (secondary N) is 2. The number of likely N-dealkylation sites (tertiary alicyclic amines) is 1. The molecule has 0 aliphatic carbocycles. The Balaban J connectivity index is 1.78. The molecule has 0 unspecified atom stereocenters. The van der Waals surface area contributed by atoms with E-state index < -0.39 is 0 Å². The van der Waals surface area contributed by atoms with Crippen molar-refractivity contribution < 1.29 is 9.53 Å². The summed E-state index contributed by atoms with van der Waals surface area (Å²) in [4.78, 5) is 13.7. The SMILES string of the molecule is COC(=O)c1ccc(NC(=S)NC[C@@H]2CCCN(C)C2)cc1. The third kappa shape index (κ3) is 4.96. The van der Waals surface area contributed by atoms with Gasteiger partial charge < -0.3 is 20.3 Å². The smallest absolute Gasteiger partial charge is 0.337 e. The van der Waals surface area contributed by atoms with Crippen molar-refractivity contribution in [2.45, 2.75) is 12.8 Å². The summed E-state index contributed by atoms with van der Waals surface area (Å²) in [5, 5.41) is 7.01. The molecule has 1 aliphatic heterocycles. The summed E-state index contributed by atoms with van der Waals surface area (Å²) < 4.78 is 4.67. The molecule has 0 amide bonds. The number of methoxy groups -OCH3 is 1. The first kappa shape index (κ1) is 16.7. The predicted octanol–water partition coefficient (Wildman–Crippen LogP) is 2.10. The van der Waals surface area contributed by atoms with E-state index in [1.165, 1.54) is 26.5 Å². The van der Waals surface area contributed by atoms with Crippen LogP contribution in [0.5, 0.6) is 0 Å². The van der Waals surface area contributed by atoms with Gasteiger partial charge >= 0.3 is 5.97 Å². The molecule has 22 heavy (non-hydrogen) atoms. The first-order valence-corrected chi connectivity index (χ1v) is 7.91. The van der Waals surface area contributed by atoms with E-state index in [-0.39, 0.29) is 5.97 Å². The molecular formula is C16H23N3O2S. The highest BCUT2D eigenvalue weighted by Crippen LogP contribution is 2.14. The Morgan fingerprint density at radius 3 is 2.77 bits per heavy atom. The van der Waals surface area contributed by atoms with E-state index in [1.54, 1.807) is 12.1 Å². The summed E-state index contributed by atoms with van der Waals surface area (Å²) >= 11 is 5.31. The van der Waals surface area contributed by atoms with E-state index in [1.807, 2.05) is 12.1 Å². The minimum Gasteiger partial charge on any atom is -0.465 e. The van der Waals surface area contributed by atoms with Gasteiger partial charge in [-0.3, -0.25) is 0 Å². The van der Waals surface area contributed by atoms with Crippen molar-refractivity contribution in [1.82, 2.24) is 10.2 Å². The number of carbonyl (C=O) groups excluding carboxylic acids is 1. The van der Waals surface area contributed by atoms with Crippen molar-refractivity contribution in [1.29, 1.82) is 0 Å². The number of thiocarbonyl (C=S) groups is 1. The molecule has 1 aromatic carbocycles. The number of esters is 1. The van der Waals surface area contributed by atoms with Crippen LogP contribution < -0.4 is 10.6 Å². The first-order chi connectivity index (χ1) is 10.6. The second-order valence-corrected chi connectivity index (χ2v) is 6.08. The van der Waals surface area contributed by atoms with E-state index >= 15 is 0 Å². The molecule has 2 rings (SSSR count). The quantitative estimate of drug-likeness (QED) is 0.654. The van der Waals surface area contributed by atoms with E-state index in [0.29, 0.717) is 16.6 Å². The number of carbonyl (C=O) groups is 1. The molecule has 1 aromatic rings. The lowest BCUT2D eigenvalue weighted by Crippen LogP contribution is -2.40. The molecule has 120 valence electrons. The maximum absolute atomic E-state index is 11.4. The van der Waals surface area contributed by atoms with Crippen molar-refractivity contribution in [3.05, 3.63) is 29.8 Å². The molecule has 0 aromatic heterocycles. The lowest BCUT2D eigenvalue weighted by atomic mass is 9.99. The molecule has 5 nitrogen and oxygen atoms in total. The normalized spacial score (nSPS) is 18.5. The van der Waals surface area contributed by atoms with Crippen LogP contribution in [0.2, 0.25) is 0 Å². The molecule has 1 saturated heterocycles. The standard InChI is InChI=1S/C16H23N3O2S/c1-19-9-3-4-12(11-19)10-17-16(22)18-14-7-5-13(6-8-14)15(20)21-2/h5-8,12H,3-4,9-11H2,1-2H3,(H2,17,18,22)/t12-/m0/s1. The summed E-state index contributed by atoms with van der Waals surface area (Å²) in [7, 11) is 3.53. The molecule has 0 spiro atoms. The Bertz CT molecular complexity index is 519. The van der Waals surface area contributed by atoms with E-state index in [2.05, 4.69) is 27.3 Å². The second-order valence-electron chi connectivity index (χ2n) is 5.67. The van der Waals surface area contributed by atoms with E-state index in [9.17, 15) is 4.79 Å². The zero-order valence-electron chi connectivity index (χ0n) is 13.1. The van der Waals surface area contributed by atoms with Gasteiger partial charge in [-0.25, -0.2) is 4.79 Å². The lowest BCUT2D eigenvalue weighted by molar-refractivity contribution is 0.0601. The van der Waals surface area contributed by atoms with Gasteiger partial charge in [0, 0.05) is 18.8 Å². The minimum absolute atomic E-state index is 0.339. The van der Waals surface area contributed by atoms with Crippen molar-refractivity contribution in [3.63, 3.8) is 0 Å². The number of ether oxygens (including phenoxy) is 1. The van der Waals surface area contributed by atoms with Gasteiger partial charge in [0.15, 0.2) is 5.11 Å². The van der Waals surface area contributed by atoms with Gasteiger partial charge in [-0.2, -0.15) is 0 Å². The van der Waals surface area contributed by atoms with Crippen molar-refractivity contribution in [2.75, 3.05) is 39.1 Å². The molecule has 2 N–H and O–H groups in total. The summed E-state index contributed by atoms with van der Waals surface area (Å²) in [6.07, 6.45) is 2.49. The molecule has 1 heterocycles. The fraction of sp³-hybridized carbons (Fsp3) is 0.500. The van der Waals surface area contributed by atoms with Crippen LogP contribution in [0.25, 0.3) is 0 Å². The number of rotatable bonds is 4. The molecule has 0 radical (unpaired) electrons. The summed E-state index contributed by atoms with van der Waals surface area (Å²) in [5.41, 5.74) is 1.38. The maximum atomic E-state index is 11.4. The maximum Gasteiger partial charge on any atom is 0.337 e. The summed E-state index contributed by atoms with van der Waals surface area (Å²) in [6.45, 7) is 3.19. The van der Waals surface area contributed by atoms with Gasteiger partial charge in [0.25, 0.3) is 0 Å². The van der Waals surface area contributed by atoms with Crippen LogP contribution in [-0.2, 0) is 4.74 Å². The zero-order valence-corrected chi connectivity index (χ0v) is 13.9. The summed E-state index contributed by atoms with van der Waals surface area (Å²) in [5.74, 6) is 0.300. The Morgan fingerprint density at radius 2 is 2.14 bits per heavy atom. The van der Waals surface area contributed by atoms with Crippen LogP contribution in [-0.4, -0.2) is 49.8 Å². The lowest BCUT2D eigenvalue weighted by Gasteiger charge is -2.30. The highest BCUT2D eigenvalue weighted by molar-refractivity contribution is 7.80. The zero-order chi connectivity index (χ0) is 15.9. The van der Waals surface area contributed by atoms with Gasteiger partial charge in [-0.05, 0) is 68.8 Å². The van der Waals surface area contributed by atoms with Crippen molar-refractivity contribution in [3.8, 4) is 0 Å². The van der Waals surface area contributed by atoms with Gasteiger partial charge in [-0.1, -0.05) is 0 Å². The van der Waals surface area contributed by atoms with Gasteiger partial charge in [-0.15, -0.1) is 0 Å².